The number of hydrogen-bond donors (Lipinski definition) is 2. The molecule has 1 aliphatic rings. The third-order valence-corrected chi connectivity index (χ3v) is 5.23. The van der Waals surface area contributed by atoms with E-state index in [1.807, 2.05) is 61.3 Å². The average molecular weight is 392 g/mol. The molecule has 0 aliphatic carbocycles. The number of carbonyl (C=O) groups is 1. The van der Waals surface area contributed by atoms with Crippen molar-refractivity contribution in [3.8, 4) is 0 Å². The highest BCUT2D eigenvalue weighted by atomic mass is 32.2. The molecule has 0 fully saturated rings. The summed E-state index contributed by atoms with van der Waals surface area (Å²) in [6, 6.07) is 13.5. The molecule has 7 nitrogen and oxygen atoms in total. The first-order valence-corrected chi connectivity index (χ1v) is 9.59. The Kier molecular flexibility index (Phi) is 4.66. The van der Waals surface area contributed by atoms with Crippen LogP contribution >= 0.6 is 11.9 Å². The number of nitrogens with one attached hydrogen (secondary N) is 1. The second kappa shape index (κ2) is 7.14. The van der Waals surface area contributed by atoms with Crippen LogP contribution in [0.25, 0.3) is 0 Å². The van der Waals surface area contributed by atoms with Crippen molar-refractivity contribution >= 4 is 46.7 Å². The number of aryl methyl sites for hydroxylation is 1. The summed E-state index contributed by atoms with van der Waals surface area (Å²) >= 11 is 1.18. The topological polar surface area (TPSA) is 87.4 Å². The van der Waals surface area contributed by atoms with Gasteiger partial charge in [-0.1, -0.05) is 17.7 Å². The molecule has 0 bridgehead atoms. The Balaban J connectivity index is 1.77. The SMILES string of the molecule is Cc1ccc2c(c1)C(=O)N(C)c1cnc(Nc3cccc(SN)c3)nc1N2C. The Hall–Kier alpha value is -3.10. The van der Waals surface area contributed by atoms with Crippen LogP contribution in [0.5, 0.6) is 0 Å². The van der Waals surface area contributed by atoms with E-state index in [-0.39, 0.29) is 5.91 Å². The van der Waals surface area contributed by atoms with Crippen molar-refractivity contribution in [1.82, 2.24) is 9.97 Å². The lowest BCUT2D eigenvalue weighted by molar-refractivity contribution is 0.0994. The van der Waals surface area contributed by atoms with E-state index in [0.29, 0.717) is 23.0 Å². The van der Waals surface area contributed by atoms with Gasteiger partial charge in [-0.2, -0.15) is 4.98 Å². The highest BCUT2D eigenvalue weighted by molar-refractivity contribution is 7.97. The predicted octanol–water partition coefficient (Wildman–Crippen LogP) is 3.85. The zero-order valence-electron chi connectivity index (χ0n) is 15.8. The smallest absolute Gasteiger partial charge is 0.260 e. The molecule has 3 aromatic rings. The maximum Gasteiger partial charge on any atom is 0.260 e. The van der Waals surface area contributed by atoms with E-state index >= 15 is 0 Å². The maximum atomic E-state index is 13.0. The lowest BCUT2D eigenvalue weighted by atomic mass is 10.1. The number of nitrogens with zero attached hydrogens (tertiary/aromatic N) is 4. The first kappa shape index (κ1) is 18.3. The molecule has 0 saturated heterocycles. The summed E-state index contributed by atoms with van der Waals surface area (Å²) in [5, 5.41) is 8.84. The monoisotopic (exact) mass is 392 g/mol. The standard InChI is InChI=1S/C20H20N6OS/c1-12-7-8-16-15(9-12)19(27)26(3)17-11-22-20(24-18(17)25(16)2)23-13-5-4-6-14(10-13)28-21/h4-11H,21H2,1-3H3,(H,22,23,24). The summed E-state index contributed by atoms with van der Waals surface area (Å²) in [7, 11) is 3.65. The molecular formula is C20H20N6OS. The third-order valence-electron chi connectivity index (χ3n) is 4.70. The minimum atomic E-state index is -0.0821. The number of nitrogens with two attached hydrogens (primary N) is 1. The van der Waals surface area contributed by atoms with Crippen LogP contribution in [0.4, 0.5) is 28.8 Å². The van der Waals surface area contributed by atoms with E-state index in [0.717, 1.165) is 21.8 Å². The number of aromatic nitrogens is 2. The van der Waals surface area contributed by atoms with Gasteiger partial charge in [0.25, 0.3) is 5.91 Å². The Bertz CT molecular complexity index is 1070. The summed E-state index contributed by atoms with van der Waals surface area (Å²) < 4.78 is 0. The van der Waals surface area contributed by atoms with Crippen LogP contribution in [0.1, 0.15) is 15.9 Å². The van der Waals surface area contributed by atoms with Crippen LogP contribution in [-0.2, 0) is 0 Å². The van der Waals surface area contributed by atoms with Gasteiger partial charge >= 0.3 is 0 Å². The van der Waals surface area contributed by atoms with Gasteiger partial charge in [0, 0.05) is 24.7 Å². The molecule has 28 heavy (non-hydrogen) atoms. The highest BCUT2D eigenvalue weighted by Gasteiger charge is 2.29. The van der Waals surface area contributed by atoms with E-state index in [4.69, 9.17) is 5.14 Å². The molecule has 0 unspecified atom stereocenters. The van der Waals surface area contributed by atoms with Crippen molar-refractivity contribution in [2.24, 2.45) is 5.14 Å². The fourth-order valence-electron chi connectivity index (χ4n) is 3.20. The van der Waals surface area contributed by atoms with Crippen molar-refractivity contribution in [2.75, 3.05) is 29.2 Å². The van der Waals surface area contributed by atoms with Gasteiger partial charge in [0.15, 0.2) is 5.82 Å². The van der Waals surface area contributed by atoms with Crippen molar-refractivity contribution in [3.05, 3.63) is 59.8 Å². The van der Waals surface area contributed by atoms with Crippen molar-refractivity contribution in [2.45, 2.75) is 11.8 Å². The van der Waals surface area contributed by atoms with Gasteiger partial charge in [-0.05, 0) is 49.2 Å². The molecule has 1 aliphatic heterocycles. The Morgan fingerprint density at radius 2 is 1.89 bits per heavy atom. The van der Waals surface area contributed by atoms with E-state index in [9.17, 15) is 4.79 Å². The van der Waals surface area contributed by atoms with Crippen LogP contribution < -0.4 is 20.3 Å². The molecule has 2 heterocycles. The number of carbonyl (C=O) groups excluding carboxylic acids is 1. The van der Waals surface area contributed by atoms with Gasteiger partial charge in [-0.15, -0.1) is 0 Å². The van der Waals surface area contributed by atoms with Gasteiger partial charge in [0.2, 0.25) is 5.95 Å². The zero-order chi connectivity index (χ0) is 19.8. The van der Waals surface area contributed by atoms with Crippen LogP contribution in [-0.4, -0.2) is 30.0 Å². The molecule has 8 heteroatoms. The molecule has 1 aromatic heterocycles. The first-order chi connectivity index (χ1) is 13.5. The van der Waals surface area contributed by atoms with Gasteiger partial charge in [-0.3, -0.25) is 9.93 Å². The second-order valence-corrected chi connectivity index (χ2v) is 7.32. The van der Waals surface area contributed by atoms with Gasteiger partial charge < -0.3 is 15.1 Å². The quantitative estimate of drug-likeness (QED) is 0.655. The summed E-state index contributed by atoms with van der Waals surface area (Å²) in [6.07, 6.45) is 1.67. The normalized spacial score (nSPS) is 13.1. The Labute approximate surface area is 167 Å². The van der Waals surface area contributed by atoms with E-state index < -0.39 is 0 Å². The van der Waals surface area contributed by atoms with Crippen molar-refractivity contribution in [3.63, 3.8) is 0 Å². The number of amides is 1. The first-order valence-electron chi connectivity index (χ1n) is 8.71. The minimum absolute atomic E-state index is 0.0821. The fraction of sp³-hybridized carbons (Fsp3) is 0.150. The molecule has 2 aromatic carbocycles. The number of anilines is 5. The van der Waals surface area contributed by atoms with Crippen LogP contribution in [0.3, 0.4) is 0 Å². The molecule has 0 spiro atoms. The van der Waals surface area contributed by atoms with E-state index in [1.165, 1.54) is 11.9 Å². The van der Waals surface area contributed by atoms with Crippen LogP contribution in [0.15, 0.2) is 53.6 Å². The summed E-state index contributed by atoms with van der Waals surface area (Å²) in [5.74, 6) is 1.02. The lowest BCUT2D eigenvalue weighted by Gasteiger charge is -2.21. The molecule has 0 saturated carbocycles. The predicted molar refractivity (Wildman–Crippen MR) is 114 cm³/mol. The Morgan fingerprint density at radius 1 is 1.07 bits per heavy atom. The van der Waals surface area contributed by atoms with Gasteiger partial charge in [0.05, 0.1) is 17.4 Å². The highest BCUT2D eigenvalue weighted by Crippen LogP contribution is 2.38. The number of rotatable bonds is 3. The fourth-order valence-corrected chi connectivity index (χ4v) is 3.56. The lowest BCUT2D eigenvalue weighted by Crippen LogP contribution is -2.25. The maximum absolute atomic E-state index is 13.0. The average Bonchev–Trinajstić information content (AvgIpc) is 2.78. The largest absolute Gasteiger partial charge is 0.327 e. The summed E-state index contributed by atoms with van der Waals surface area (Å²) in [6.45, 7) is 1.97. The summed E-state index contributed by atoms with van der Waals surface area (Å²) in [4.78, 5) is 26.5. The Morgan fingerprint density at radius 3 is 2.68 bits per heavy atom. The molecule has 3 N–H and O–H groups in total. The van der Waals surface area contributed by atoms with Crippen LogP contribution in [0, 0.1) is 6.92 Å². The van der Waals surface area contributed by atoms with Crippen molar-refractivity contribution < 1.29 is 4.79 Å². The number of hydrogen-bond acceptors (Lipinski definition) is 7. The third kappa shape index (κ3) is 3.17. The number of fused-ring (bicyclic) bond motifs is 2. The minimum Gasteiger partial charge on any atom is -0.327 e. The molecule has 0 atom stereocenters. The van der Waals surface area contributed by atoms with Crippen LogP contribution in [0.2, 0.25) is 0 Å². The zero-order valence-corrected chi connectivity index (χ0v) is 16.6. The molecule has 1 amide bonds. The summed E-state index contributed by atoms with van der Waals surface area (Å²) in [5.41, 5.74) is 3.98. The molecule has 4 rings (SSSR count). The van der Waals surface area contributed by atoms with E-state index in [1.54, 1.807) is 18.1 Å². The van der Waals surface area contributed by atoms with Gasteiger partial charge in [0.1, 0.15) is 5.69 Å². The van der Waals surface area contributed by atoms with Gasteiger partial charge in [-0.25, -0.2) is 4.98 Å². The second-order valence-electron chi connectivity index (χ2n) is 6.62. The molecule has 0 radical (unpaired) electrons. The molecule has 142 valence electrons. The van der Waals surface area contributed by atoms with E-state index in [2.05, 4.69) is 15.3 Å². The number of benzene rings is 2. The van der Waals surface area contributed by atoms with Crippen molar-refractivity contribution in [1.29, 1.82) is 0 Å². The molecular weight excluding hydrogens is 372 g/mol.